The second-order valence-electron chi connectivity index (χ2n) is 6.50. The number of methoxy groups -OCH3 is 1. The van der Waals surface area contributed by atoms with Gasteiger partial charge in [-0.1, -0.05) is 26.0 Å². The smallest absolute Gasteiger partial charge is 0.354 e. The van der Waals surface area contributed by atoms with Gasteiger partial charge < -0.3 is 9.30 Å². The summed E-state index contributed by atoms with van der Waals surface area (Å²) in [5.74, 6) is -0.111. The summed E-state index contributed by atoms with van der Waals surface area (Å²) in [4.78, 5) is 29.0. The molecule has 0 fully saturated rings. The minimum absolute atomic E-state index is 0.188. The predicted molar refractivity (Wildman–Crippen MR) is 110 cm³/mol. The third-order valence-electron chi connectivity index (χ3n) is 4.40. The Labute approximate surface area is 161 Å². The molecule has 2 heterocycles. The summed E-state index contributed by atoms with van der Waals surface area (Å²) >= 11 is 1.61. The largest absolute Gasteiger partial charge is 0.464 e. The van der Waals surface area contributed by atoms with Gasteiger partial charge in [-0.3, -0.25) is 4.79 Å². The quantitative estimate of drug-likeness (QED) is 0.607. The van der Waals surface area contributed by atoms with E-state index < -0.39 is 5.97 Å². The van der Waals surface area contributed by atoms with Crippen molar-refractivity contribution < 1.29 is 9.53 Å². The molecule has 3 rings (SSSR count). The van der Waals surface area contributed by atoms with E-state index in [1.807, 2.05) is 31.2 Å². The van der Waals surface area contributed by atoms with E-state index in [2.05, 4.69) is 24.2 Å². The Morgan fingerprint density at radius 2 is 2.07 bits per heavy atom. The first-order valence-corrected chi connectivity index (χ1v) is 9.72. The molecule has 1 aromatic carbocycles. The van der Waals surface area contributed by atoms with E-state index in [-0.39, 0.29) is 11.1 Å². The van der Waals surface area contributed by atoms with Crippen LogP contribution >= 0.6 is 11.3 Å². The summed E-state index contributed by atoms with van der Waals surface area (Å²) < 4.78 is 6.63. The molecule has 0 unspecified atom stereocenters. The number of hydrogen-bond donors (Lipinski definition) is 0. The van der Waals surface area contributed by atoms with Gasteiger partial charge in [0.1, 0.15) is 10.7 Å². The Morgan fingerprint density at radius 1 is 1.30 bits per heavy atom. The Balaban J connectivity index is 2.06. The van der Waals surface area contributed by atoms with Crippen molar-refractivity contribution >= 4 is 40.4 Å². The number of esters is 1. The number of aryl methyl sites for hydroxylation is 1. The third kappa shape index (κ3) is 3.85. The molecule has 0 saturated carbocycles. The monoisotopic (exact) mass is 382 g/mol. The molecule has 2 aromatic heterocycles. The first-order valence-electron chi connectivity index (χ1n) is 8.84. The number of aromatic nitrogens is 2. The molecular formula is C21H22N2O3S. The van der Waals surface area contributed by atoms with Crippen molar-refractivity contribution in [2.45, 2.75) is 33.2 Å². The maximum Gasteiger partial charge on any atom is 0.354 e. The van der Waals surface area contributed by atoms with Gasteiger partial charge in [0.15, 0.2) is 5.43 Å². The Hall–Kier alpha value is -2.73. The van der Waals surface area contributed by atoms with Crippen molar-refractivity contribution in [3.05, 3.63) is 61.8 Å². The number of benzene rings is 1. The summed E-state index contributed by atoms with van der Waals surface area (Å²) in [5, 5.41) is 3.59. The molecule has 0 bridgehead atoms. The van der Waals surface area contributed by atoms with Gasteiger partial charge in [0.05, 0.1) is 18.3 Å². The number of carbonyl (C=O) groups excluding carboxylic acids is 1. The topological polar surface area (TPSA) is 61.2 Å². The normalized spacial score (nSPS) is 11.6. The van der Waals surface area contributed by atoms with Crippen LogP contribution in [0.3, 0.4) is 0 Å². The zero-order valence-corrected chi connectivity index (χ0v) is 16.7. The predicted octanol–water partition coefficient (Wildman–Crippen LogP) is 4.56. The molecule has 0 aliphatic rings. The average molecular weight is 382 g/mol. The number of thiazole rings is 1. The minimum Gasteiger partial charge on any atom is -0.464 e. The van der Waals surface area contributed by atoms with Crippen LogP contribution in [-0.2, 0) is 11.3 Å². The van der Waals surface area contributed by atoms with Crippen molar-refractivity contribution in [1.82, 2.24) is 9.55 Å². The fourth-order valence-electron chi connectivity index (χ4n) is 2.92. The lowest BCUT2D eigenvalue weighted by molar-refractivity contribution is 0.0588. The molecular weight excluding hydrogens is 360 g/mol. The van der Waals surface area contributed by atoms with Crippen LogP contribution in [0.2, 0.25) is 0 Å². The lowest BCUT2D eigenvalue weighted by Gasteiger charge is -2.14. The molecule has 5 nitrogen and oxygen atoms in total. The van der Waals surface area contributed by atoms with Crippen molar-refractivity contribution in [3.63, 3.8) is 0 Å². The number of carbonyl (C=O) groups is 1. The molecule has 0 radical (unpaired) electrons. The van der Waals surface area contributed by atoms with Crippen LogP contribution in [0.5, 0.6) is 0 Å². The van der Waals surface area contributed by atoms with Gasteiger partial charge in [0.25, 0.3) is 0 Å². The Bertz CT molecular complexity index is 1080. The highest BCUT2D eigenvalue weighted by Gasteiger charge is 2.15. The van der Waals surface area contributed by atoms with E-state index in [0.717, 1.165) is 21.8 Å². The van der Waals surface area contributed by atoms with E-state index in [9.17, 15) is 9.59 Å². The van der Waals surface area contributed by atoms with E-state index >= 15 is 0 Å². The van der Waals surface area contributed by atoms with Gasteiger partial charge in [0.2, 0.25) is 0 Å². The molecule has 0 aliphatic heterocycles. The molecule has 0 N–H and O–H groups in total. The molecule has 0 spiro atoms. The third-order valence-corrected chi connectivity index (χ3v) is 5.23. The summed E-state index contributed by atoms with van der Waals surface area (Å²) in [6, 6.07) is 6.96. The van der Waals surface area contributed by atoms with Crippen LogP contribution in [0.15, 0.2) is 34.4 Å². The summed E-state index contributed by atoms with van der Waals surface area (Å²) in [6.45, 7) is 6.73. The molecule has 0 saturated heterocycles. The molecule has 140 valence electrons. The number of nitrogens with zero attached hydrogens (tertiary/aromatic N) is 2. The second kappa shape index (κ2) is 7.88. The number of rotatable bonds is 5. The lowest BCUT2D eigenvalue weighted by atomic mass is 10.1. The van der Waals surface area contributed by atoms with E-state index in [1.165, 1.54) is 13.2 Å². The van der Waals surface area contributed by atoms with Gasteiger partial charge in [-0.15, -0.1) is 11.3 Å². The van der Waals surface area contributed by atoms with Crippen molar-refractivity contribution in [2.75, 3.05) is 7.11 Å². The second-order valence-corrected chi connectivity index (χ2v) is 7.39. The molecule has 3 aromatic rings. The lowest BCUT2D eigenvalue weighted by Crippen LogP contribution is -2.18. The van der Waals surface area contributed by atoms with Crippen LogP contribution in [0, 0.1) is 0 Å². The highest BCUT2D eigenvalue weighted by Crippen LogP contribution is 2.21. The zero-order chi connectivity index (χ0) is 19.6. The van der Waals surface area contributed by atoms with Crippen LogP contribution in [0.25, 0.3) is 23.1 Å². The van der Waals surface area contributed by atoms with Gasteiger partial charge in [0, 0.05) is 23.4 Å². The highest BCUT2D eigenvalue weighted by atomic mass is 32.1. The van der Waals surface area contributed by atoms with Gasteiger partial charge in [-0.2, -0.15) is 0 Å². The zero-order valence-electron chi connectivity index (χ0n) is 15.9. The van der Waals surface area contributed by atoms with E-state index in [1.54, 1.807) is 22.0 Å². The summed E-state index contributed by atoms with van der Waals surface area (Å²) in [7, 11) is 1.32. The Kier molecular flexibility index (Phi) is 5.56. The first-order chi connectivity index (χ1) is 12.9. The minimum atomic E-state index is -0.513. The molecule has 6 heteroatoms. The first kappa shape index (κ1) is 19.0. The van der Waals surface area contributed by atoms with E-state index in [0.29, 0.717) is 17.8 Å². The molecule has 0 aliphatic carbocycles. The number of ether oxygens (including phenoxy) is 1. The van der Waals surface area contributed by atoms with Crippen LogP contribution in [0.4, 0.5) is 0 Å². The van der Waals surface area contributed by atoms with E-state index in [4.69, 9.17) is 4.74 Å². The maximum atomic E-state index is 12.4. The van der Waals surface area contributed by atoms with Crippen molar-refractivity contribution in [1.29, 1.82) is 0 Å². The fraction of sp³-hybridized carbons (Fsp3) is 0.286. The van der Waals surface area contributed by atoms with Crippen LogP contribution in [-0.4, -0.2) is 22.6 Å². The Morgan fingerprint density at radius 3 is 2.70 bits per heavy atom. The molecule has 0 atom stereocenters. The standard InChI is InChI=1S/C21H22N2O3S/c1-5-23-17-10-14(7-9-20-22-16(12-27-20)13(2)3)6-8-15(17)19(24)11-18(23)21(25)26-4/h6-13H,5H2,1-4H3/b9-7+. The van der Waals surface area contributed by atoms with Crippen LogP contribution < -0.4 is 5.43 Å². The molecule has 27 heavy (non-hydrogen) atoms. The van der Waals surface area contributed by atoms with Gasteiger partial charge in [-0.25, -0.2) is 9.78 Å². The van der Waals surface area contributed by atoms with Crippen molar-refractivity contribution in [3.8, 4) is 0 Å². The fourth-order valence-corrected chi connectivity index (χ4v) is 3.79. The molecule has 0 amide bonds. The van der Waals surface area contributed by atoms with Crippen LogP contribution in [0.1, 0.15) is 53.4 Å². The summed E-state index contributed by atoms with van der Waals surface area (Å²) in [6.07, 6.45) is 3.94. The van der Waals surface area contributed by atoms with Gasteiger partial charge >= 0.3 is 5.97 Å². The highest BCUT2D eigenvalue weighted by molar-refractivity contribution is 7.10. The maximum absolute atomic E-state index is 12.4. The van der Waals surface area contributed by atoms with Gasteiger partial charge in [-0.05, 0) is 36.6 Å². The SMILES string of the molecule is CCn1c(C(=O)OC)cc(=O)c2ccc(/C=C/c3nc(C(C)C)cs3)cc21. The summed E-state index contributed by atoms with van der Waals surface area (Å²) in [5.41, 5.74) is 2.81. The average Bonchev–Trinajstić information content (AvgIpc) is 3.15. The number of fused-ring (bicyclic) bond motifs is 1. The number of pyridine rings is 1. The van der Waals surface area contributed by atoms with Crippen molar-refractivity contribution in [2.24, 2.45) is 0 Å². The number of hydrogen-bond acceptors (Lipinski definition) is 5.